The molecule has 0 bridgehead atoms. The summed E-state index contributed by atoms with van der Waals surface area (Å²) < 4.78 is 78.0. The first-order valence-electron chi connectivity index (χ1n) is 40.6. The molecule has 630 valence electrons. The number of imidazole rings is 3. The molecule has 121 heavy (non-hydrogen) atoms. The molecule has 0 saturated carbocycles. The number of piperidine rings is 4. The summed E-state index contributed by atoms with van der Waals surface area (Å²) in [5.41, 5.74) is 13.2. The number of likely N-dealkylation sites (tertiary alicyclic amines) is 4. The lowest BCUT2D eigenvalue weighted by atomic mass is 10.0. The third-order valence-electron chi connectivity index (χ3n) is 21.5. The molecule has 1 atom stereocenters. The number of aliphatic hydroxyl groups is 1. The lowest BCUT2D eigenvalue weighted by Crippen LogP contribution is -2.41. The van der Waals surface area contributed by atoms with Crippen LogP contribution in [0.3, 0.4) is 0 Å². The number of hydrogen-bond donors (Lipinski definition) is 6. The van der Waals surface area contributed by atoms with Gasteiger partial charge in [-0.3, -0.25) is 56.3 Å². The summed E-state index contributed by atoms with van der Waals surface area (Å²) in [7, 11) is 0. The molecular weight excluding hydrogens is 1610 g/mol. The number of carbonyl (C=O) groups excluding carboxylic acids is 3. The topological polar surface area (TPSA) is 327 Å². The Kier molecular flexibility index (Phi) is 25.9. The van der Waals surface area contributed by atoms with Crippen molar-refractivity contribution < 1.29 is 37.1 Å². The summed E-state index contributed by atoms with van der Waals surface area (Å²) in [6.07, 6.45) is 32.7. The average Bonchev–Trinajstić information content (AvgIpc) is 1.64. The van der Waals surface area contributed by atoms with Crippen molar-refractivity contribution in [2.45, 2.75) is 150 Å². The Labute approximate surface area is 706 Å². The van der Waals surface area contributed by atoms with Crippen LogP contribution in [-0.2, 0) is 66.7 Å². The summed E-state index contributed by atoms with van der Waals surface area (Å²) in [4.78, 5) is 74.8. The number of aromatic nitrogens is 18. The Morgan fingerprint density at radius 2 is 0.901 bits per heavy atom. The predicted molar refractivity (Wildman–Crippen MR) is 453 cm³/mol. The molecule has 12 aromatic heterocycles. The van der Waals surface area contributed by atoms with Gasteiger partial charge >= 0.3 is 0 Å². The van der Waals surface area contributed by atoms with E-state index in [9.17, 15) is 37.1 Å². The van der Waals surface area contributed by atoms with Crippen LogP contribution in [0.1, 0.15) is 116 Å². The summed E-state index contributed by atoms with van der Waals surface area (Å²) >= 11 is 4.27. The second kappa shape index (κ2) is 37.9. The minimum absolute atomic E-state index is 0.0138. The van der Waals surface area contributed by atoms with E-state index in [1.54, 1.807) is 53.0 Å². The molecule has 4 fully saturated rings. The number of hydrogen-bond acceptors (Lipinski definition) is 25. The molecular formula is C83H93F4N27O4S3. The van der Waals surface area contributed by atoms with Crippen LogP contribution in [0.4, 0.5) is 50.0 Å². The second-order valence-corrected chi connectivity index (χ2v) is 33.6. The minimum Gasteiger partial charge on any atom is -0.393 e. The second-order valence-electron chi connectivity index (χ2n) is 31.2. The van der Waals surface area contributed by atoms with Gasteiger partial charge in [-0.05, 0) is 187 Å². The van der Waals surface area contributed by atoms with Gasteiger partial charge in [0.25, 0.3) is 0 Å². The molecule has 31 nitrogen and oxygen atoms in total. The number of benzene rings is 2. The molecule has 0 spiro atoms. The van der Waals surface area contributed by atoms with Crippen LogP contribution in [0, 0.1) is 50.0 Å². The standard InChI is InChI=1S/2C28H29F2N9OS.C27H35N9O2S/c1-18-14-39-24(20-12-33-38(15-20)17-25(40)31-11-19-5-6-21(29)9-23(19)30)13-32-28(39)27(34-18)35-26-10-22(36-41-26)16-37-7-3-2-4-8-37;1-18-14-39-24(20-12-33-38(15-20)17-25(40)31-11-19-5-6-22(29)23(30)9-19)13-32-28(39)27(34-18)35-26-10-21(36-41-26)16-37-7-3-2-4-8-37;1-18-4-3-7-33(13-18)16-21-10-24(39-32-21)31-26-27-28-12-23(36(27)14-19(2)30-26)20-11-29-35(15-20)17-25(38)34-8-5-22(37)6-9-34/h2*5-6,9-10,12-15H,2-4,7-8,11,16-17H2,1H3,(H,31,40)(H,34,35);10-12,14-15,18,22,37H,3-9,13,16-17H2,1-2H3,(H,30,31). The third-order valence-corrected chi connectivity index (χ3v) is 23.7. The van der Waals surface area contributed by atoms with Crippen molar-refractivity contribution in [3.63, 3.8) is 0 Å². The van der Waals surface area contributed by atoms with Gasteiger partial charge in [0, 0.05) is 118 Å². The SMILES string of the molecule is Cc1cn2c(-c3cnn(CC(=O)N4CCC(O)CC4)c3)cnc2c(Nc2cc(CN3CCCC(C)C3)ns2)n1.Cc1cn2c(-c3cnn(CC(=O)NCc4ccc(F)c(F)c4)c3)cnc2c(Nc2cc(CN3CCCCC3)ns2)n1.Cc1cn2c(-c3cnn(CC(=O)NCc4ccc(F)cc4F)c3)cnc2c(Nc2cc(CN3CCCCC3)ns2)n1. The Balaban J connectivity index is 0.000000135. The van der Waals surface area contributed by atoms with Gasteiger partial charge in [-0.1, -0.05) is 31.9 Å². The van der Waals surface area contributed by atoms with E-state index < -0.39 is 23.3 Å². The van der Waals surface area contributed by atoms with E-state index in [0.717, 1.165) is 172 Å². The van der Waals surface area contributed by atoms with Gasteiger partial charge in [-0.2, -0.15) is 28.4 Å². The fraction of sp³-hybridized carbons (Fsp3) is 0.386. The van der Waals surface area contributed by atoms with Crippen molar-refractivity contribution in [2.24, 2.45) is 5.92 Å². The number of aliphatic hydroxyl groups excluding tert-OH is 1. The molecule has 4 aliphatic heterocycles. The molecule has 4 saturated heterocycles. The maximum absolute atomic E-state index is 13.9. The Hall–Kier alpha value is -11.8. The van der Waals surface area contributed by atoms with Crippen molar-refractivity contribution >= 4 is 102 Å². The van der Waals surface area contributed by atoms with Gasteiger partial charge in [0.15, 0.2) is 46.0 Å². The normalized spacial score (nSPS) is 15.7. The van der Waals surface area contributed by atoms with Crippen molar-refractivity contribution in [3.8, 4) is 33.8 Å². The van der Waals surface area contributed by atoms with E-state index in [0.29, 0.717) is 65.9 Å². The Morgan fingerprint density at radius 1 is 0.463 bits per heavy atom. The molecule has 16 heterocycles. The first-order valence-corrected chi connectivity index (χ1v) is 42.9. The number of anilines is 6. The van der Waals surface area contributed by atoms with E-state index in [2.05, 4.69) is 120 Å². The number of halogens is 4. The molecule has 18 rings (SSSR count). The van der Waals surface area contributed by atoms with Crippen LogP contribution < -0.4 is 26.6 Å². The van der Waals surface area contributed by atoms with Crippen LogP contribution >= 0.6 is 34.6 Å². The average molecular weight is 1710 g/mol. The first kappa shape index (κ1) is 82.9. The molecule has 2 aromatic carbocycles. The number of amides is 3. The molecule has 0 aliphatic carbocycles. The van der Waals surface area contributed by atoms with Gasteiger partial charge in [-0.25, -0.2) is 47.5 Å². The van der Waals surface area contributed by atoms with E-state index in [-0.39, 0.29) is 62.1 Å². The maximum atomic E-state index is 13.9. The smallest absolute Gasteiger partial charge is 0.244 e. The summed E-state index contributed by atoms with van der Waals surface area (Å²) in [6.45, 7) is 18.7. The number of aryl methyl sites for hydroxylation is 3. The van der Waals surface area contributed by atoms with Gasteiger partial charge in [-0.15, -0.1) is 0 Å². The van der Waals surface area contributed by atoms with Crippen LogP contribution in [0.2, 0.25) is 0 Å². The van der Waals surface area contributed by atoms with Crippen molar-refractivity contribution in [1.29, 1.82) is 0 Å². The zero-order chi connectivity index (χ0) is 83.6. The zero-order valence-electron chi connectivity index (χ0n) is 67.4. The number of carbonyl (C=O) groups is 3. The largest absolute Gasteiger partial charge is 0.393 e. The minimum atomic E-state index is -0.949. The highest BCUT2D eigenvalue weighted by molar-refractivity contribution is 7.10. The predicted octanol–water partition coefficient (Wildman–Crippen LogP) is 12.7. The number of rotatable bonds is 25. The van der Waals surface area contributed by atoms with E-state index in [4.69, 9.17) is 4.98 Å². The molecule has 3 amide bonds. The molecule has 1 unspecified atom stereocenters. The number of nitrogens with one attached hydrogen (secondary N) is 5. The highest BCUT2D eigenvalue weighted by Gasteiger charge is 2.26. The Morgan fingerprint density at radius 3 is 1.35 bits per heavy atom. The maximum Gasteiger partial charge on any atom is 0.244 e. The van der Waals surface area contributed by atoms with E-state index in [1.165, 1.54) is 107 Å². The van der Waals surface area contributed by atoms with Crippen LogP contribution in [-0.4, -0.2) is 186 Å². The quantitative estimate of drug-likeness (QED) is 0.0290. The highest BCUT2D eigenvalue weighted by atomic mass is 32.1. The molecule has 38 heteroatoms. The van der Waals surface area contributed by atoms with Crippen LogP contribution in [0.15, 0.2) is 129 Å². The monoisotopic (exact) mass is 1700 g/mol. The summed E-state index contributed by atoms with van der Waals surface area (Å²) in [5.74, 6) is -1.20. The lowest BCUT2D eigenvalue weighted by molar-refractivity contribution is -0.134. The summed E-state index contributed by atoms with van der Waals surface area (Å²) in [5, 5.41) is 41.1. The zero-order valence-corrected chi connectivity index (χ0v) is 69.9. The molecule has 4 aliphatic rings. The molecule has 14 aromatic rings. The third kappa shape index (κ3) is 21.0. The van der Waals surface area contributed by atoms with E-state index >= 15 is 0 Å². The van der Waals surface area contributed by atoms with Gasteiger partial charge in [0.1, 0.15) is 46.3 Å². The van der Waals surface area contributed by atoms with Crippen molar-refractivity contribution in [1.82, 2.24) is 116 Å². The molecule has 6 N–H and O–H groups in total. The van der Waals surface area contributed by atoms with Gasteiger partial charge < -0.3 is 36.6 Å². The van der Waals surface area contributed by atoms with Crippen molar-refractivity contribution in [2.75, 3.05) is 68.3 Å². The van der Waals surface area contributed by atoms with Gasteiger partial charge in [0.05, 0.1) is 94.5 Å². The van der Waals surface area contributed by atoms with E-state index in [1.807, 2.05) is 65.0 Å². The number of nitrogens with zero attached hydrogens (tertiary/aromatic N) is 22. The Bertz CT molecular complexity index is 5960. The first-order chi connectivity index (χ1) is 58.7. The lowest BCUT2D eigenvalue weighted by Gasteiger charge is -2.30. The van der Waals surface area contributed by atoms with Crippen LogP contribution in [0.5, 0.6) is 0 Å². The van der Waals surface area contributed by atoms with Crippen LogP contribution in [0.25, 0.3) is 50.7 Å². The fourth-order valence-electron chi connectivity index (χ4n) is 15.5. The van der Waals surface area contributed by atoms with Crippen molar-refractivity contribution in [3.05, 3.63) is 198 Å². The number of fused-ring (bicyclic) bond motifs is 3. The highest BCUT2D eigenvalue weighted by Crippen LogP contribution is 2.34. The van der Waals surface area contributed by atoms with Gasteiger partial charge in [0.2, 0.25) is 17.7 Å². The fourth-order valence-corrected chi connectivity index (χ4v) is 17.4. The summed E-state index contributed by atoms with van der Waals surface area (Å²) in [6, 6.07) is 13.0. The molecule has 0 radical (unpaired) electrons.